The van der Waals surface area contributed by atoms with Gasteiger partial charge in [-0.1, -0.05) is 6.92 Å². The number of aryl methyl sites for hydroxylation is 1. The van der Waals surface area contributed by atoms with Crippen LogP contribution in [-0.4, -0.2) is 36.2 Å². The molecule has 0 saturated carbocycles. The minimum atomic E-state index is -0.381. The highest BCUT2D eigenvalue weighted by Gasteiger charge is 2.13. The molecule has 17 heavy (non-hydrogen) atoms. The zero-order valence-corrected chi connectivity index (χ0v) is 10.00. The van der Waals surface area contributed by atoms with Gasteiger partial charge in [-0.15, -0.1) is 10.2 Å². The normalized spacial score (nSPS) is 9.59. The van der Waals surface area contributed by atoms with Crippen LogP contribution in [0.4, 0.5) is 10.6 Å². The number of amides is 3. The molecular weight excluding hydrogens is 222 g/mol. The molecule has 0 saturated heterocycles. The molecule has 0 bridgehead atoms. The molecule has 7 nitrogen and oxygen atoms in total. The number of anilines is 1. The fourth-order valence-electron chi connectivity index (χ4n) is 1.25. The lowest BCUT2D eigenvalue weighted by atomic mass is 10.1. The first-order valence-electron chi connectivity index (χ1n) is 5.19. The molecule has 0 fully saturated rings. The number of aromatic nitrogens is 2. The number of hydrogen-bond donors (Lipinski definition) is 3. The third-order valence-electron chi connectivity index (χ3n) is 2.16. The SMILES string of the molecule is CCc1cc(NC(=O)NC)nnc1C(=O)NC. The van der Waals surface area contributed by atoms with E-state index in [9.17, 15) is 9.59 Å². The zero-order valence-electron chi connectivity index (χ0n) is 10.00. The third kappa shape index (κ3) is 3.13. The summed E-state index contributed by atoms with van der Waals surface area (Å²) in [5.74, 6) is 0.0229. The molecule has 3 amide bonds. The van der Waals surface area contributed by atoms with E-state index < -0.39 is 0 Å². The molecule has 0 aliphatic heterocycles. The van der Waals surface area contributed by atoms with Crippen LogP contribution in [0.2, 0.25) is 0 Å². The van der Waals surface area contributed by atoms with Crippen molar-refractivity contribution in [3.63, 3.8) is 0 Å². The maximum absolute atomic E-state index is 11.5. The molecule has 0 aromatic carbocycles. The molecule has 0 unspecified atom stereocenters. The van der Waals surface area contributed by atoms with Gasteiger partial charge in [-0.05, 0) is 18.1 Å². The van der Waals surface area contributed by atoms with Gasteiger partial charge in [-0.3, -0.25) is 10.1 Å². The van der Waals surface area contributed by atoms with Gasteiger partial charge >= 0.3 is 6.03 Å². The average Bonchev–Trinajstić information content (AvgIpc) is 2.37. The standard InChI is InChI=1S/C10H15N5O2/c1-4-6-5-7(13-10(17)12-3)14-15-8(6)9(16)11-2/h5H,4H2,1-3H3,(H,11,16)(H2,12,13,14,17). The number of rotatable bonds is 3. The summed E-state index contributed by atoms with van der Waals surface area (Å²) in [6, 6.07) is 1.25. The predicted molar refractivity (Wildman–Crippen MR) is 62.9 cm³/mol. The number of nitrogens with one attached hydrogen (secondary N) is 3. The molecule has 1 rings (SSSR count). The van der Waals surface area contributed by atoms with E-state index in [0.29, 0.717) is 12.2 Å². The van der Waals surface area contributed by atoms with Gasteiger partial charge in [0, 0.05) is 14.1 Å². The maximum atomic E-state index is 11.5. The quantitative estimate of drug-likeness (QED) is 0.697. The second kappa shape index (κ2) is 5.78. The molecule has 0 aliphatic carbocycles. The first-order valence-corrected chi connectivity index (χ1v) is 5.19. The first kappa shape index (κ1) is 12.9. The van der Waals surface area contributed by atoms with Crippen molar-refractivity contribution in [2.75, 3.05) is 19.4 Å². The minimum Gasteiger partial charge on any atom is -0.354 e. The number of hydrogen-bond acceptors (Lipinski definition) is 4. The predicted octanol–water partition coefficient (Wildman–Crippen LogP) is 0.150. The summed E-state index contributed by atoms with van der Waals surface area (Å²) in [6.45, 7) is 1.90. The lowest BCUT2D eigenvalue weighted by Crippen LogP contribution is -2.26. The van der Waals surface area contributed by atoms with Gasteiger partial charge < -0.3 is 10.6 Å². The minimum absolute atomic E-state index is 0.275. The summed E-state index contributed by atoms with van der Waals surface area (Å²) in [5, 5.41) is 14.9. The molecule has 0 radical (unpaired) electrons. The molecule has 7 heteroatoms. The Kier molecular flexibility index (Phi) is 4.38. The van der Waals surface area contributed by atoms with Crippen molar-refractivity contribution in [1.29, 1.82) is 0 Å². The molecule has 92 valence electrons. The summed E-state index contributed by atoms with van der Waals surface area (Å²) < 4.78 is 0. The summed E-state index contributed by atoms with van der Waals surface area (Å²) in [5.41, 5.74) is 1.00. The summed E-state index contributed by atoms with van der Waals surface area (Å²) in [4.78, 5) is 22.6. The highest BCUT2D eigenvalue weighted by molar-refractivity contribution is 5.94. The summed E-state index contributed by atoms with van der Waals surface area (Å²) in [6.07, 6.45) is 0.626. The van der Waals surface area contributed by atoms with Crippen LogP contribution in [0.25, 0.3) is 0 Å². The van der Waals surface area contributed by atoms with E-state index in [-0.39, 0.29) is 17.6 Å². The number of carbonyl (C=O) groups is 2. The highest BCUT2D eigenvalue weighted by atomic mass is 16.2. The molecule has 0 aliphatic rings. The van der Waals surface area contributed by atoms with Crippen LogP contribution in [0.15, 0.2) is 6.07 Å². The second-order valence-electron chi connectivity index (χ2n) is 3.24. The Morgan fingerprint density at radius 1 is 1.24 bits per heavy atom. The Bertz CT molecular complexity index is 433. The lowest BCUT2D eigenvalue weighted by molar-refractivity contribution is 0.0956. The van der Waals surface area contributed by atoms with Crippen LogP contribution in [0.1, 0.15) is 23.0 Å². The smallest absolute Gasteiger partial charge is 0.320 e. The van der Waals surface area contributed by atoms with Crippen molar-refractivity contribution < 1.29 is 9.59 Å². The van der Waals surface area contributed by atoms with E-state index in [4.69, 9.17) is 0 Å². The molecule has 1 aromatic heterocycles. The highest BCUT2D eigenvalue weighted by Crippen LogP contribution is 2.11. The Morgan fingerprint density at radius 2 is 1.94 bits per heavy atom. The van der Waals surface area contributed by atoms with Crippen LogP contribution in [-0.2, 0) is 6.42 Å². The van der Waals surface area contributed by atoms with Crippen LogP contribution in [0.3, 0.4) is 0 Å². The number of nitrogens with zero attached hydrogens (tertiary/aromatic N) is 2. The largest absolute Gasteiger partial charge is 0.354 e. The fraction of sp³-hybridized carbons (Fsp3) is 0.400. The van der Waals surface area contributed by atoms with Crippen molar-refractivity contribution in [2.45, 2.75) is 13.3 Å². The number of urea groups is 1. The van der Waals surface area contributed by atoms with Crippen molar-refractivity contribution in [2.24, 2.45) is 0 Å². The molecule has 1 aromatic rings. The molecule has 1 heterocycles. The van der Waals surface area contributed by atoms with Gasteiger partial charge in [-0.25, -0.2) is 4.79 Å². The van der Waals surface area contributed by atoms with Gasteiger partial charge in [0.2, 0.25) is 0 Å². The van der Waals surface area contributed by atoms with Crippen LogP contribution in [0, 0.1) is 0 Å². The van der Waals surface area contributed by atoms with E-state index in [1.807, 2.05) is 6.92 Å². The van der Waals surface area contributed by atoms with Crippen molar-refractivity contribution in [3.8, 4) is 0 Å². The fourth-order valence-corrected chi connectivity index (χ4v) is 1.25. The van der Waals surface area contributed by atoms with Crippen LogP contribution >= 0.6 is 0 Å². The Balaban J connectivity index is 3.00. The van der Waals surface area contributed by atoms with Crippen molar-refractivity contribution >= 4 is 17.8 Å². The Morgan fingerprint density at radius 3 is 2.47 bits per heavy atom. The van der Waals surface area contributed by atoms with Gasteiger partial charge in [0.15, 0.2) is 11.5 Å². The van der Waals surface area contributed by atoms with Gasteiger partial charge in [0.05, 0.1) is 0 Å². The molecule has 3 N–H and O–H groups in total. The van der Waals surface area contributed by atoms with Crippen molar-refractivity contribution in [1.82, 2.24) is 20.8 Å². The molecule has 0 atom stereocenters. The van der Waals surface area contributed by atoms with Gasteiger partial charge in [0.1, 0.15) is 0 Å². The lowest BCUT2D eigenvalue weighted by Gasteiger charge is -2.07. The van der Waals surface area contributed by atoms with E-state index in [1.54, 1.807) is 6.07 Å². The Hall–Kier alpha value is -2.18. The Labute approximate surface area is 99.0 Å². The van der Waals surface area contributed by atoms with Crippen LogP contribution < -0.4 is 16.0 Å². The monoisotopic (exact) mass is 237 g/mol. The molecule has 0 spiro atoms. The van der Waals surface area contributed by atoms with E-state index in [0.717, 1.165) is 5.56 Å². The second-order valence-corrected chi connectivity index (χ2v) is 3.24. The van der Waals surface area contributed by atoms with Gasteiger partial charge in [-0.2, -0.15) is 0 Å². The summed E-state index contributed by atoms with van der Waals surface area (Å²) >= 11 is 0. The zero-order chi connectivity index (χ0) is 12.8. The average molecular weight is 237 g/mol. The maximum Gasteiger partial charge on any atom is 0.320 e. The molecular formula is C10H15N5O2. The number of carbonyl (C=O) groups excluding carboxylic acids is 2. The topological polar surface area (TPSA) is 96.0 Å². The van der Waals surface area contributed by atoms with Crippen molar-refractivity contribution in [3.05, 3.63) is 17.3 Å². The van der Waals surface area contributed by atoms with Gasteiger partial charge in [0.25, 0.3) is 5.91 Å². The van der Waals surface area contributed by atoms with E-state index in [1.165, 1.54) is 14.1 Å². The summed E-state index contributed by atoms with van der Waals surface area (Å²) in [7, 11) is 3.03. The van der Waals surface area contributed by atoms with Crippen LogP contribution in [0.5, 0.6) is 0 Å². The third-order valence-corrected chi connectivity index (χ3v) is 2.16. The first-order chi connectivity index (χ1) is 8.12. The van der Waals surface area contributed by atoms with E-state index >= 15 is 0 Å². The van der Waals surface area contributed by atoms with E-state index in [2.05, 4.69) is 26.1 Å².